The minimum atomic E-state index is -0.521. The molecule has 6 aromatic rings. The SMILES string of the molecule is O=c1oc2ccccc2cc1-c1nnc(-c2ccc(N3N=C(c4ccccc4)C[C@H]3c3ccccc3)cc2)o1. The molecule has 7 rings (SSSR count). The summed E-state index contributed by atoms with van der Waals surface area (Å²) in [5, 5.41) is 16.2. The van der Waals surface area contributed by atoms with Crippen LogP contribution in [0, 0.1) is 0 Å². The first-order chi connectivity index (χ1) is 19.2. The van der Waals surface area contributed by atoms with E-state index in [-0.39, 0.29) is 17.5 Å². The first-order valence-electron chi connectivity index (χ1n) is 12.7. The van der Waals surface area contributed by atoms with E-state index in [1.54, 1.807) is 12.1 Å². The lowest BCUT2D eigenvalue weighted by molar-refractivity contribution is 0.547. The fourth-order valence-electron chi connectivity index (χ4n) is 4.90. The van der Waals surface area contributed by atoms with Crippen molar-refractivity contribution in [2.24, 2.45) is 5.10 Å². The van der Waals surface area contributed by atoms with Gasteiger partial charge in [-0.15, -0.1) is 10.2 Å². The van der Waals surface area contributed by atoms with E-state index in [9.17, 15) is 4.79 Å². The molecule has 0 aliphatic carbocycles. The number of benzene rings is 4. The molecule has 3 heterocycles. The molecule has 7 heteroatoms. The zero-order valence-corrected chi connectivity index (χ0v) is 20.8. The third kappa shape index (κ3) is 4.30. The predicted molar refractivity (Wildman–Crippen MR) is 150 cm³/mol. The van der Waals surface area contributed by atoms with Crippen LogP contribution < -0.4 is 10.6 Å². The van der Waals surface area contributed by atoms with Crippen LogP contribution in [0.2, 0.25) is 0 Å². The third-order valence-corrected chi connectivity index (χ3v) is 6.88. The molecule has 0 amide bonds. The monoisotopic (exact) mass is 510 g/mol. The Morgan fingerprint density at radius 2 is 1.38 bits per heavy atom. The van der Waals surface area contributed by atoms with Crippen molar-refractivity contribution in [3.63, 3.8) is 0 Å². The topological polar surface area (TPSA) is 84.7 Å². The van der Waals surface area contributed by atoms with Crippen molar-refractivity contribution in [1.82, 2.24) is 10.2 Å². The van der Waals surface area contributed by atoms with Gasteiger partial charge in [-0.3, -0.25) is 5.01 Å². The molecule has 39 heavy (non-hydrogen) atoms. The Labute approximate surface area is 223 Å². The lowest BCUT2D eigenvalue weighted by Gasteiger charge is -2.24. The number of hydrogen-bond donors (Lipinski definition) is 0. The molecule has 0 N–H and O–H groups in total. The van der Waals surface area contributed by atoms with Gasteiger partial charge in [-0.2, -0.15) is 5.10 Å². The van der Waals surface area contributed by atoms with Crippen LogP contribution in [0.4, 0.5) is 5.69 Å². The molecule has 7 nitrogen and oxygen atoms in total. The third-order valence-electron chi connectivity index (χ3n) is 6.88. The number of nitrogens with zero attached hydrogens (tertiary/aromatic N) is 4. The van der Waals surface area contributed by atoms with Gasteiger partial charge < -0.3 is 8.83 Å². The fraction of sp³-hybridized carbons (Fsp3) is 0.0625. The number of para-hydroxylation sites is 1. The Bertz CT molecular complexity index is 1860. The molecule has 0 radical (unpaired) electrons. The maximum Gasteiger partial charge on any atom is 0.349 e. The minimum absolute atomic E-state index is 0.0781. The number of anilines is 1. The largest absolute Gasteiger partial charge is 0.422 e. The van der Waals surface area contributed by atoms with Crippen LogP contribution in [0.1, 0.15) is 23.6 Å². The summed E-state index contributed by atoms with van der Waals surface area (Å²) in [5.41, 5.74) is 5.28. The number of fused-ring (bicyclic) bond motifs is 1. The average Bonchev–Trinajstić information content (AvgIpc) is 3.66. The van der Waals surface area contributed by atoms with Crippen LogP contribution in [0.3, 0.4) is 0 Å². The summed E-state index contributed by atoms with van der Waals surface area (Å²) >= 11 is 0. The molecule has 2 aromatic heterocycles. The highest BCUT2D eigenvalue weighted by atomic mass is 16.4. The smallest absolute Gasteiger partial charge is 0.349 e. The van der Waals surface area contributed by atoms with Crippen molar-refractivity contribution in [2.45, 2.75) is 12.5 Å². The van der Waals surface area contributed by atoms with Gasteiger partial charge in [0.25, 0.3) is 5.89 Å². The molecule has 0 saturated carbocycles. The quantitative estimate of drug-likeness (QED) is 0.235. The Kier molecular flexibility index (Phi) is 5.59. The zero-order valence-electron chi connectivity index (χ0n) is 20.8. The van der Waals surface area contributed by atoms with Crippen molar-refractivity contribution in [1.29, 1.82) is 0 Å². The van der Waals surface area contributed by atoms with Crippen molar-refractivity contribution in [3.05, 3.63) is 137 Å². The van der Waals surface area contributed by atoms with E-state index in [0.717, 1.165) is 34.3 Å². The second-order valence-corrected chi connectivity index (χ2v) is 9.33. The molecule has 1 aliphatic rings. The molecule has 0 fully saturated rings. The van der Waals surface area contributed by atoms with Gasteiger partial charge >= 0.3 is 5.63 Å². The van der Waals surface area contributed by atoms with Gasteiger partial charge in [0.15, 0.2) is 0 Å². The Morgan fingerprint density at radius 3 is 2.18 bits per heavy atom. The van der Waals surface area contributed by atoms with Crippen LogP contribution in [0.15, 0.2) is 134 Å². The van der Waals surface area contributed by atoms with Crippen molar-refractivity contribution in [3.8, 4) is 22.9 Å². The molecule has 1 atom stereocenters. The molecule has 0 bridgehead atoms. The summed E-state index contributed by atoms with van der Waals surface area (Å²) in [5.74, 6) is 0.438. The minimum Gasteiger partial charge on any atom is -0.422 e. The van der Waals surface area contributed by atoms with E-state index in [2.05, 4.69) is 51.6 Å². The number of aromatic nitrogens is 2. The van der Waals surface area contributed by atoms with Crippen molar-refractivity contribution in [2.75, 3.05) is 5.01 Å². The van der Waals surface area contributed by atoms with Crippen LogP contribution in [0.25, 0.3) is 33.9 Å². The molecule has 0 unspecified atom stereocenters. The summed E-state index contributed by atoms with van der Waals surface area (Å²) in [6.07, 6.45) is 0.803. The van der Waals surface area contributed by atoms with Gasteiger partial charge in [0.05, 0.1) is 17.4 Å². The predicted octanol–water partition coefficient (Wildman–Crippen LogP) is 6.87. The number of hydrogen-bond acceptors (Lipinski definition) is 7. The fourth-order valence-corrected chi connectivity index (χ4v) is 4.90. The lowest BCUT2D eigenvalue weighted by Crippen LogP contribution is -2.18. The van der Waals surface area contributed by atoms with Gasteiger partial charge in [0, 0.05) is 17.4 Å². The van der Waals surface area contributed by atoms with Crippen LogP contribution >= 0.6 is 0 Å². The summed E-state index contributed by atoms with van der Waals surface area (Å²) in [4.78, 5) is 12.5. The summed E-state index contributed by atoms with van der Waals surface area (Å²) in [6, 6.07) is 37.6. The highest BCUT2D eigenvalue weighted by Gasteiger charge is 2.30. The van der Waals surface area contributed by atoms with E-state index >= 15 is 0 Å². The van der Waals surface area contributed by atoms with E-state index in [1.165, 1.54) is 5.56 Å². The van der Waals surface area contributed by atoms with Crippen molar-refractivity contribution >= 4 is 22.4 Å². The molecule has 0 saturated heterocycles. The summed E-state index contributed by atoms with van der Waals surface area (Å²) in [7, 11) is 0. The molecule has 4 aromatic carbocycles. The lowest BCUT2D eigenvalue weighted by atomic mass is 9.98. The van der Waals surface area contributed by atoms with E-state index in [1.807, 2.05) is 66.7 Å². The maximum absolute atomic E-state index is 12.5. The van der Waals surface area contributed by atoms with E-state index in [4.69, 9.17) is 13.9 Å². The standard InChI is InChI=1S/C32H22N4O3/c37-32-26(19-24-13-7-8-14-29(24)38-32)31-34-33-30(39-31)23-15-17-25(18-16-23)36-28(22-11-5-2-6-12-22)20-27(35-36)21-9-3-1-4-10-21/h1-19,28H,20H2/t28-/m0/s1. The van der Waals surface area contributed by atoms with Gasteiger partial charge in [0.1, 0.15) is 11.1 Å². The zero-order chi connectivity index (χ0) is 26.2. The normalized spacial score (nSPS) is 15.0. The van der Waals surface area contributed by atoms with Crippen molar-refractivity contribution < 1.29 is 8.83 Å². The van der Waals surface area contributed by atoms with E-state index < -0.39 is 5.63 Å². The van der Waals surface area contributed by atoms with Crippen LogP contribution in [0.5, 0.6) is 0 Å². The second kappa shape index (κ2) is 9.54. The Hall–Kier alpha value is -5.30. The van der Waals surface area contributed by atoms with Crippen LogP contribution in [-0.4, -0.2) is 15.9 Å². The summed E-state index contributed by atoms with van der Waals surface area (Å²) in [6.45, 7) is 0. The van der Waals surface area contributed by atoms with Gasteiger partial charge in [0.2, 0.25) is 5.89 Å². The molecule has 1 aliphatic heterocycles. The highest BCUT2D eigenvalue weighted by molar-refractivity contribution is 6.03. The van der Waals surface area contributed by atoms with Gasteiger partial charge in [-0.25, -0.2) is 4.79 Å². The first-order valence-corrected chi connectivity index (χ1v) is 12.7. The van der Waals surface area contributed by atoms with E-state index in [0.29, 0.717) is 11.5 Å². The molecular weight excluding hydrogens is 488 g/mol. The number of rotatable bonds is 5. The summed E-state index contributed by atoms with van der Waals surface area (Å²) < 4.78 is 11.3. The second-order valence-electron chi connectivity index (χ2n) is 9.33. The average molecular weight is 511 g/mol. The van der Waals surface area contributed by atoms with Gasteiger partial charge in [-0.05, 0) is 47.5 Å². The Balaban J connectivity index is 1.20. The first kappa shape index (κ1) is 22.9. The maximum atomic E-state index is 12.5. The van der Waals surface area contributed by atoms with Gasteiger partial charge in [-0.1, -0.05) is 78.9 Å². The molecule has 0 spiro atoms. The molecule has 188 valence electrons. The number of hydrazone groups is 1. The molecular formula is C32H22N4O3. The highest BCUT2D eigenvalue weighted by Crippen LogP contribution is 2.37. The van der Waals surface area contributed by atoms with Crippen LogP contribution in [-0.2, 0) is 0 Å². The Morgan fingerprint density at radius 1 is 0.692 bits per heavy atom.